The first-order valence-corrected chi connectivity index (χ1v) is 13.4. The SMILES string of the molecule is COc1cc(/C=C(/C#N)C(=O)Nc2nnc(S(C)(=O)=O)s2)cc(Cl)c1OCCOc1cccc(C)c1. The molecule has 0 unspecified atom stereocenters. The third-order valence-corrected chi connectivity index (χ3v) is 7.25. The molecule has 0 aliphatic rings. The third kappa shape index (κ3) is 7.17. The van der Waals surface area contributed by atoms with Crippen LogP contribution in [0.5, 0.6) is 17.2 Å². The number of aromatic nitrogens is 2. The van der Waals surface area contributed by atoms with E-state index in [-0.39, 0.29) is 39.0 Å². The molecular weight excluding hydrogens is 528 g/mol. The molecule has 0 spiro atoms. The zero-order valence-electron chi connectivity index (χ0n) is 19.4. The molecule has 1 aromatic heterocycles. The van der Waals surface area contributed by atoms with E-state index in [1.807, 2.05) is 31.2 Å². The van der Waals surface area contributed by atoms with Crippen LogP contribution in [0.2, 0.25) is 5.02 Å². The Labute approximate surface area is 217 Å². The van der Waals surface area contributed by atoms with Crippen molar-refractivity contribution >= 4 is 49.9 Å². The molecule has 3 rings (SSSR count). The number of hydrogen-bond acceptors (Lipinski definition) is 10. The number of sulfone groups is 1. The van der Waals surface area contributed by atoms with E-state index in [0.29, 0.717) is 22.6 Å². The maximum absolute atomic E-state index is 12.5. The van der Waals surface area contributed by atoms with Gasteiger partial charge in [-0.1, -0.05) is 35.1 Å². The predicted molar refractivity (Wildman–Crippen MR) is 135 cm³/mol. The first-order valence-electron chi connectivity index (χ1n) is 10.3. The largest absolute Gasteiger partial charge is 0.493 e. The fraction of sp³-hybridized carbons (Fsp3) is 0.217. The average molecular weight is 549 g/mol. The number of nitrogens with zero attached hydrogens (tertiary/aromatic N) is 3. The van der Waals surface area contributed by atoms with Gasteiger partial charge in [0.25, 0.3) is 5.91 Å². The fourth-order valence-electron chi connectivity index (χ4n) is 2.86. The standard InChI is InChI=1S/C23H21ClN4O6S2/c1-14-5-4-6-17(9-14)33-7-8-34-20-18(24)11-15(12-19(20)32-2)10-16(13-25)21(29)26-22-27-28-23(35-22)36(3,30)31/h4-6,9-12H,7-8H2,1-3H3,(H,26,27,29)/b16-10-. The molecule has 0 saturated carbocycles. The molecule has 1 heterocycles. The number of methoxy groups -OCH3 is 1. The maximum atomic E-state index is 12.5. The van der Waals surface area contributed by atoms with Crippen LogP contribution in [0.3, 0.4) is 0 Å². The molecule has 1 N–H and O–H groups in total. The van der Waals surface area contributed by atoms with Gasteiger partial charge < -0.3 is 14.2 Å². The second-order valence-corrected chi connectivity index (χ2v) is 10.9. The summed E-state index contributed by atoms with van der Waals surface area (Å²) >= 11 is 7.05. The highest BCUT2D eigenvalue weighted by Gasteiger charge is 2.18. The van der Waals surface area contributed by atoms with Crippen molar-refractivity contribution in [2.45, 2.75) is 11.3 Å². The molecule has 188 valence electrons. The maximum Gasteiger partial charge on any atom is 0.268 e. The highest BCUT2D eigenvalue weighted by molar-refractivity contribution is 7.92. The Morgan fingerprint density at radius 2 is 1.97 bits per heavy atom. The van der Waals surface area contributed by atoms with Crippen molar-refractivity contribution in [2.24, 2.45) is 0 Å². The summed E-state index contributed by atoms with van der Waals surface area (Å²) in [7, 11) is -2.14. The minimum absolute atomic E-state index is 0.0613. The number of ether oxygens (including phenoxy) is 3. The summed E-state index contributed by atoms with van der Waals surface area (Å²) < 4.78 is 39.6. The van der Waals surface area contributed by atoms with Crippen LogP contribution >= 0.6 is 22.9 Å². The number of rotatable bonds is 10. The minimum atomic E-state index is -3.57. The monoisotopic (exact) mass is 548 g/mol. The molecule has 0 aliphatic carbocycles. The van der Waals surface area contributed by atoms with E-state index < -0.39 is 15.7 Å². The Hall–Kier alpha value is -3.66. The lowest BCUT2D eigenvalue weighted by Gasteiger charge is -2.14. The van der Waals surface area contributed by atoms with Crippen molar-refractivity contribution < 1.29 is 27.4 Å². The van der Waals surface area contributed by atoms with Gasteiger partial charge in [0.05, 0.1) is 12.1 Å². The summed E-state index contributed by atoms with van der Waals surface area (Å²) in [6.45, 7) is 2.44. The second-order valence-electron chi connectivity index (χ2n) is 7.32. The van der Waals surface area contributed by atoms with Gasteiger partial charge in [-0.05, 0) is 48.4 Å². The number of halogens is 1. The molecule has 3 aromatic rings. The summed E-state index contributed by atoms with van der Waals surface area (Å²) in [6, 6.07) is 12.5. The van der Waals surface area contributed by atoms with E-state index >= 15 is 0 Å². The molecule has 0 bridgehead atoms. The number of amides is 1. The van der Waals surface area contributed by atoms with E-state index in [2.05, 4.69) is 15.5 Å². The molecule has 13 heteroatoms. The van der Waals surface area contributed by atoms with Crippen LogP contribution in [0.1, 0.15) is 11.1 Å². The van der Waals surface area contributed by atoms with E-state index in [1.165, 1.54) is 19.3 Å². The van der Waals surface area contributed by atoms with Crippen LogP contribution in [0.25, 0.3) is 6.08 Å². The molecule has 36 heavy (non-hydrogen) atoms. The summed E-state index contributed by atoms with van der Waals surface area (Å²) in [4.78, 5) is 12.5. The predicted octanol–water partition coefficient (Wildman–Crippen LogP) is 3.92. The van der Waals surface area contributed by atoms with Crippen LogP contribution in [0, 0.1) is 18.3 Å². The molecule has 0 fully saturated rings. The molecule has 2 aromatic carbocycles. The van der Waals surface area contributed by atoms with Crippen LogP contribution in [-0.4, -0.2) is 51.1 Å². The van der Waals surface area contributed by atoms with Crippen molar-refractivity contribution in [1.29, 1.82) is 5.26 Å². The molecular formula is C23H21ClN4O6S2. The van der Waals surface area contributed by atoms with Crippen molar-refractivity contribution in [2.75, 3.05) is 31.9 Å². The van der Waals surface area contributed by atoms with Gasteiger partial charge in [-0.2, -0.15) is 5.26 Å². The Balaban J connectivity index is 1.70. The van der Waals surface area contributed by atoms with E-state index in [1.54, 1.807) is 12.1 Å². The van der Waals surface area contributed by atoms with Crippen LogP contribution in [0.4, 0.5) is 5.13 Å². The zero-order chi connectivity index (χ0) is 26.3. The summed E-state index contributed by atoms with van der Waals surface area (Å²) in [6.07, 6.45) is 2.27. The van der Waals surface area contributed by atoms with Gasteiger partial charge in [0, 0.05) is 6.26 Å². The number of nitriles is 1. The molecule has 0 aliphatic heterocycles. The lowest BCUT2D eigenvalue weighted by Crippen LogP contribution is -2.13. The van der Waals surface area contributed by atoms with Gasteiger partial charge in [0.15, 0.2) is 11.5 Å². The quantitative estimate of drug-likeness (QED) is 0.173. The number of aryl methyl sites for hydroxylation is 1. The van der Waals surface area contributed by atoms with Gasteiger partial charge in [-0.3, -0.25) is 10.1 Å². The Kier molecular flexibility index (Phi) is 8.87. The van der Waals surface area contributed by atoms with Gasteiger partial charge >= 0.3 is 0 Å². The van der Waals surface area contributed by atoms with Gasteiger partial charge in [-0.25, -0.2) is 8.42 Å². The van der Waals surface area contributed by atoms with Crippen LogP contribution in [-0.2, 0) is 14.6 Å². The third-order valence-electron chi connectivity index (χ3n) is 4.46. The highest BCUT2D eigenvalue weighted by Crippen LogP contribution is 2.37. The number of carbonyl (C=O) groups excluding carboxylic acids is 1. The van der Waals surface area contributed by atoms with Gasteiger partial charge in [0.1, 0.15) is 30.6 Å². The van der Waals surface area contributed by atoms with Crippen molar-refractivity contribution in [1.82, 2.24) is 10.2 Å². The zero-order valence-corrected chi connectivity index (χ0v) is 21.8. The topological polar surface area (TPSA) is 140 Å². The van der Waals surface area contributed by atoms with E-state index in [9.17, 15) is 18.5 Å². The highest BCUT2D eigenvalue weighted by atomic mass is 35.5. The van der Waals surface area contributed by atoms with E-state index in [0.717, 1.165) is 17.6 Å². The van der Waals surface area contributed by atoms with Gasteiger partial charge in [0.2, 0.25) is 19.3 Å². The first kappa shape index (κ1) is 26.9. The minimum Gasteiger partial charge on any atom is -0.493 e. The van der Waals surface area contributed by atoms with Crippen LogP contribution < -0.4 is 19.5 Å². The summed E-state index contributed by atoms with van der Waals surface area (Å²) in [5.41, 5.74) is 1.21. The number of hydrogen-bond donors (Lipinski definition) is 1. The van der Waals surface area contributed by atoms with Crippen molar-refractivity contribution in [3.05, 3.63) is 58.1 Å². The normalized spacial score (nSPS) is 11.5. The number of carbonyl (C=O) groups is 1. The molecule has 0 radical (unpaired) electrons. The second kappa shape index (κ2) is 11.9. The Morgan fingerprint density at radius 1 is 1.22 bits per heavy atom. The molecule has 0 atom stereocenters. The number of nitrogens with one attached hydrogen (secondary N) is 1. The van der Waals surface area contributed by atoms with Crippen molar-refractivity contribution in [3.8, 4) is 23.3 Å². The fourth-order valence-corrected chi connectivity index (χ4v) is 4.64. The first-order chi connectivity index (χ1) is 17.1. The summed E-state index contributed by atoms with van der Waals surface area (Å²) in [5, 5.41) is 19.1. The lowest BCUT2D eigenvalue weighted by molar-refractivity contribution is -0.112. The van der Waals surface area contributed by atoms with E-state index in [4.69, 9.17) is 25.8 Å². The molecule has 0 saturated heterocycles. The van der Waals surface area contributed by atoms with Gasteiger partial charge in [-0.15, -0.1) is 10.2 Å². The van der Waals surface area contributed by atoms with Crippen LogP contribution in [0.15, 0.2) is 46.3 Å². The summed E-state index contributed by atoms with van der Waals surface area (Å²) in [5.74, 6) is 0.510. The Bertz CT molecular complexity index is 1450. The molecule has 1 amide bonds. The molecule has 10 nitrogen and oxygen atoms in total. The lowest BCUT2D eigenvalue weighted by atomic mass is 10.1. The Morgan fingerprint density at radius 3 is 2.61 bits per heavy atom. The van der Waals surface area contributed by atoms with Crippen molar-refractivity contribution in [3.63, 3.8) is 0 Å². The average Bonchev–Trinajstić information content (AvgIpc) is 3.30. The smallest absolute Gasteiger partial charge is 0.268 e. The number of benzene rings is 2. The number of anilines is 1.